The van der Waals surface area contributed by atoms with Gasteiger partial charge in [0.2, 0.25) is 0 Å². The Morgan fingerprint density at radius 3 is 2.04 bits per heavy atom. The SMILES string of the molecule is C1=Cc2ccc(-c3ccc4c(c3)nc(-c3ccccc3)n4-c3ccccc3)cc2C2(c3ccccc31)c1ccccc1-c1c2ccc2oc3ccccc3c12. The van der Waals surface area contributed by atoms with Crippen LogP contribution in [-0.4, -0.2) is 9.55 Å². The molecule has 10 aromatic rings. The van der Waals surface area contributed by atoms with Crippen LogP contribution in [0.3, 0.4) is 0 Å². The standard InChI is InChI=1S/C52H32N2O/c1-3-14-35(15-4-1)51-53-45-32-37(27-29-46(45)54(51)38-16-5-2-6-17-38)36-26-25-34-24-23-33-13-7-10-20-41(33)52(44(34)31-36)42-21-11-8-18-39(42)49-43(52)28-30-48-50(49)40-19-9-12-22-47(40)55-48/h1-32H. The van der Waals surface area contributed by atoms with Crippen molar-refractivity contribution in [1.82, 2.24) is 9.55 Å². The number of nitrogens with zero attached hydrogens (tertiary/aromatic N) is 2. The number of hydrogen-bond acceptors (Lipinski definition) is 2. The molecular formula is C52H32N2O. The summed E-state index contributed by atoms with van der Waals surface area (Å²) in [6.07, 6.45) is 4.60. The lowest BCUT2D eigenvalue weighted by Crippen LogP contribution is -2.30. The van der Waals surface area contributed by atoms with E-state index in [4.69, 9.17) is 9.40 Å². The van der Waals surface area contributed by atoms with Crippen molar-refractivity contribution in [2.45, 2.75) is 5.41 Å². The van der Waals surface area contributed by atoms with Crippen molar-refractivity contribution >= 4 is 45.1 Å². The molecule has 2 aliphatic carbocycles. The van der Waals surface area contributed by atoms with E-state index in [1.807, 2.05) is 0 Å². The molecule has 1 unspecified atom stereocenters. The summed E-state index contributed by atoms with van der Waals surface area (Å²) >= 11 is 0. The summed E-state index contributed by atoms with van der Waals surface area (Å²) in [5.41, 5.74) is 17.8. The van der Waals surface area contributed by atoms with Crippen molar-refractivity contribution in [3.8, 4) is 39.3 Å². The number of imidazole rings is 1. The van der Waals surface area contributed by atoms with Gasteiger partial charge in [0.05, 0.1) is 16.4 Å². The van der Waals surface area contributed by atoms with Crippen molar-refractivity contribution in [3.63, 3.8) is 0 Å². The molecule has 2 aromatic heterocycles. The van der Waals surface area contributed by atoms with Gasteiger partial charge in [0.15, 0.2) is 0 Å². The minimum Gasteiger partial charge on any atom is -0.456 e. The van der Waals surface area contributed by atoms with Crippen LogP contribution in [0.25, 0.3) is 84.5 Å². The Bertz CT molecular complexity index is 3200. The Kier molecular flexibility index (Phi) is 6.26. The lowest BCUT2D eigenvalue weighted by molar-refractivity contribution is 0.668. The van der Waals surface area contributed by atoms with Crippen LogP contribution in [0.2, 0.25) is 0 Å². The molecule has 2 aliphatic rings. The first-order valence-corrected chi connectivity index (χ1v) is 18.9. The second-order valence-electron chi connectivity index (χ2n) is 14.7. The molecule has 55 heavy (non-hydrogen) atoms. The molecular weight excluding hydrogens is 669 g/mol. The van der Waals surface area contributed by atoms with Crippen molar-refractivity contribution in [2.75, 3.05) is 0 Å². The van der Waals surface area contributed by atoms with Gasteiger partial charge in [-0.15, -0.1) is 0 Å². The fourth-order valence-corrected chi connectivity index (χ4v) is 9.56. The van der Waals surface area contributed by atoms with Gasteiger partial charge in [-0.05, 0) is 98.1 Å². The van der Waals surface area contributed by atoms with E-state index in [-0.39, 0.29) is 0 Å². The molecule has 2 heterocycles. The molecule has 0 radical (unpaired) electrons. The van der Waals surface area contributed by atoms with Gasteiger partial charge < -0.3 is 4.42 Å². The van der Waals surface area contributed by atoms with Gasteiger partial charge in [-0.3, -0.25) is 4.57 Å². The van der Waals surface area contributed by atoms with Crippen LogP contribution < -0.4 is 0 Å². The maximum atomic E-state index is 6.49. The second-order valence-corrected chi connectivity index (χ2v) is 14.7. The van der Waals surface area contributed by atoms with Crippen molar-refractivity contribution in [3.05, 3.63) is 215 Å². The summed E-state index contributed by atoms with van der Waals surface area (Å²) < 4.78 is 8.76. The molecule has 0 N–H and O–H groups in total. The second kappa shape index (κ2) is 11.4. The van der Waals surface area contributed by atoms with Gasteiger partial charge in [0, 0.05) is 22.0 Å². The molecule has 12 rings (SSSR count). The Morgan fingerprint density at radius 1 is 0.473 bits per heavy atom. The first-order valence-electron chi connectivity index (χ1n) is 18.9. The van der Waals surface area contributed by atoms with Crippen LogP contribution >= 0.6 is 0 Å². The monoisotopic (exact) mass is 700 g/mol. The van der Waals surface area contributed by atoms with Crippen LogP contribution in [0.15, 0.2) is 186 Å². The quantitative estimate of drug-likeness (QED) is 0.184. The predicted molar refractivity (Wildman–Crippen MR) is 225 cm³/mol. The fraction of sp³-hybridized carbons (Fsp3) is 0.0192. The van der Waals surface area contributed by atoms with E-state index in [2.05, 4.69) is 199 Å². The maximum Gasteiger partial charge on any atom is 0.145 e. The molecule has 0 fully saturated rings. The van der Waals surface area contributed by atoms with Crippen molar-refractivity contribution < 1.29 is 4.42 Å². The fourth-order valence-electron chi connectivity index (χ4n) is 9.56. The zero-order valence-electron chi connectivity index (χ0n) is 29.8. The Balaban J connectivity index is 1.13. The third-order valence-electron chi connectivity index (χ3n) is 11.8. The lowest BCUT2D eigenvalue weighted by Gasteiger charge is -2.35. The summed E-state index contributed by atoms with van der Waals surface area (Å²) in [6, 6.07) is 65.7. The molecule has 0 saturated heterocycles. The summed E-state index contributed by atoms with van der Waals surface area (Å²) in [4.78, 5) is 5.30. The normalized spacial score (nSPS) is 15.3. The molecule has 0 amide bonds. The molecule has 0 bridgehead atoms. The third-order valence-corrected chi connectivity index (χ3v) is 11.8. The maximum absolute atomic E-state index is 6.49. The summed E-state index contributed by atoms with van der Waals surface area (Å²) in [5, 5.41) is 2.33. The molecule has 3 nitrogen and oxygen atoms in total. The van der Waals surface area contributed by atoms with E-state index in [0.717, 1.165) is 55.8 Å². The van der Waals surface area contributed by atoms with Gasteiger partial charge in [0.1, 0.15) is 17.0 Å². The molecule has 1 atom stereocenters. The number of fused-ring (bicyclic) bond motifs is 14. The number of rotatable bonds is 3. The first-order chi connectivity index (χ1) is 27.3. The molecule has 0 aliphatic heterocycles. The molecule has 3 heteroatoms. The van der Waals surface area contributed by atoms with Gasteiger partial charge in [-0.1, -0.05) is 152 Å². The van der Waals surface area contributed by atoms with Crippen molar-refractivity contribution in [1.29, 1.82) is 0 Å². The highest BCUT2D eigenvalue weighted by Gasteiger charge is 2.49. The van der Waals surface area contributed by atoms with Gasteiger partial charge in [0.25, 0.3) is 0 Å². The summed E-state index contributed by atoms with van der Waals surface area (Å²) in [6.45, 7) is 0. The largest absolute Gasteiger partial charge is 0.456 e. The van der Waals surface area contributed by atoms with E-state index in [9.17, 15) is 0 Å². The number of furan rings is 1. The van der Waals surface area contributed by atoms with Gasteiger partial charge in [-0.25, -0.2) is 4.98 Å². The van der Waals surface area contributed by atoms with E-state index >= 15 is 0 Å². The van der Waals surface area contributed by atoms with E-state index in [0.29, 0.717) is 0 Å². The number of para-hydroxylation sites is 2. The number of aromatic nitrogens is 2. The zero-order valence-corrected chi connectivity index (χ0v) is 29.8. The van der Waals surface area contributed by atoms with Crippen LogP contribution in [0, 0.1) is 0 Å². The average Bonchev–Trinajstić information content (AvgIpc) is 3.88. The highest BCUT2D eigenvalue weighted by Crippen LogP contribution is 2.61. The van der Waals surface area contributed by atoms with Gasteiger partial charge >= 0.3 is 0 Å². The lowest BCUT2D eigenvalue weighted by atomic mass is 9.65. The zero-order chi connectivity index (χ0) is 36.1. The molecule has 8 aromatic carbocycles. The predicted octanol–water partition coefficient (Wildman–Crippen LogP) is 13.1. The van der Waals surface area contributed by atoms with E-state index in [1.54, 1.807) is 0 Å². The Hall–Kier alpha value is -7.23. The molecule has 256 valence electrons. The minimum absolute atomic E-state index is 0.566. The molecule has 1 spiro atoms. The van der Waals surface area contributed by atoms with E-state index in [1.165, 1.54) is 49.9 Å². The van der Waals surface area contributed by atoms with Crippen LogP contribution in [0.5, 0.6) is 0 Å². The third kappa shape index (κ3) is 4.18. The van der Waals surface area contributed by atoms with Crippen LogP contribution in [0.4, 0.5) is 0 Å². The average molecular weight is 701 g/mol. The van der Waals surface area contributed by atoms with Crippen LogP contribution in [-0.2, 0) is 5.41 Å². The Morgan fingerprint density at radius 2 is 1.16 bits per heavy atom. The highest BCUT2D eigenvalue weighted by atomic mass is 16.3. The highest BCUT2D eigenvalue weighted by molar-refractivity contribution is 6.15. The van der Waals surface area contributed by atoms with Crippen molar-refractivity contribution in [2.24, 2.45) is 0 Å². The molecule has 0 saturated carbocycles. The van der Waals surface area contributed by atoms with Gasteiger partial charge in [-0.2, -0.15) is 0 Å². The van der Waals surface area contributed by atoms with E-state index < -0.39 is 5.41 Å². The van der Waals surface area contributed by atoms with Crippen LogP contribution in [0.1, 0.15) is 33.4 Å². The summed E-state index contributed by atoms with van der Waals surface area (Å²) in [5.74, 6) is 0.929. The number of benzene rings is 8. The summed E-state index contributed by atoms with van der Waals surface area (Å²) in [7, 11) is 0. The minimum atomic E-state index is -0.566. The topological polar surface area (TPSA) is 31.0 Å². The smallest absolute Gasteiger partial charge is 0.145 e. The number of hydrogen-bond donors (Lipinski definition) is 0. The first kappa shape index (κ1) is 30.3. The Labute approximate surface area is 318 Å².